The predicted molar refractivity (Wildman–Crippen MR) is 106 cm³/mol. The summed E-state index contributed by atoms with van der Waals surface area (Å²) in [6, 6.07) is 8.89. The van der Waals surface area contributed by atoms with Gasteiger partial charge in [0.25, 0.3) is 0 Å². The molecule has 3 nitrogen and oxygen atoms in total. The number of esters is 1. The molecule has 1 unspecified atom stereocenters. The second kappa shape index (κ2) is 8.84. The minimum absolute atomic E-state index is 0.0980. The lowest BCUT2D eigenvalue weighted by molar-refractivity contribution is -0.154. The second-order valence-corrected chi connectivity index (χ2v) is 9.00. The van der Waals surface area contributed by atoms with Gasteiger partial charge in [-0.05, 0) is 63.2 Å². The standard InChI is InChI=1S/C22H37NO2/c1-9-17(18-10-12-19(13-11-18)21(2,3)4)16-22(5,6)20(24)25-15-14-23(7)8/h10-13,17H,9,14-16H2,1-8H3. The molecular weight excluding hydrogens is 310 g/mol. The van der Waals surface area contributed by atoms with Crippen LogP contribution in [0.1, 0.15) is 71.4 Å². The van der Waals surface area contributed by atoms with Gasteiger partial charge < -0.3 is 9.64 Å². The number of benzene rings is 1. The average molecular weight is 348 g/mol. The molecule has 0 spiro atoms. The number of nitrogens with zero attached hydrogens (tertiary/aromatic N) is 1. The number of rotatable bonds is 8. The zero-order chi connectivity index (χ0) is 19.3. The lowest BCUT2D eigenvalue weighted by Crippen LogP contribution is -2.31. The van der Waals surface area contributed by atoms with Crippen LogP contribution in [0.15, 0.2) is 24.3 Å². The van der Waals surface area contributed by atoms with Crippen LogP contribution in [0.3, 0.4) is 0 Å². The van der Waals surface area contributed by atoms with Gasteiger partial charge in [0.2, 0.25) is 0 Å². The summed E-state index contributed by atoms with van der Waals surface area (Å²) in [6.45, 7) is 14.1. The quantitative estimate of drug-likeness (QED) is 0.620. The Morgan fingerprint density at radius 1 is 1.08 bits per heavy atom. The largest absolute Gasteiger partial charge is 0.464 e. The maximum atomic E-state index is 12.5. The van der Waals surface area contributed by atoms with Crippen molar-refractivity contribution in [2.45, 2.75) is 65.7 Å². The van der Waals surface area contributed by atoms with Gasteiger partial charge in [-0.1, -0.05) is 52.0 Å². The summed E-state index contributed by atoms with van der Waals surface area (Å²) in [5.74, 6) is 0.268. The van der Waals surface area contributed by atoms with Crippen molar-refractivity contribution < 1.29 is 9.53 Å². The Bertz CT molecular complexity index is 538. The van der Waals surface area contributed by atoms with Crippen LogP contribution < -0.4 is 0 Å². The minimum atomic E-state index is -0.476. The summed E-state index contributed by atoms with van der Waals surface area (Å²) >= 11 is 0. The normalized spacial score (nSPS) is 13.8. The monoisotopic (exact) mass is 347 g/mol. The topological polar surface area (TPSA) is 29.5 Å². The summed E-state index contributed by atoms with van der Waals surface area (Å²) < 4.78 is 5.48. The van der Waals surface area contributed by atoms with Crippen LogP contribution in [0.2, 0.25) is 0 Å². The highest BCUT2D eigenvalue weighted by Crippen LogP contribution is 2.35. The molecule has 0 radical (unpaired) electrons. The van der Waals surface area contributed by atoms with Crippen LogP contribution in [0.5, 0.6) is 0 Å². The highest BCUT2D eigenvalue weighted by molar-refractivity contribution is 5.76. The van der Waals surface area contributed by atoms with E-state index in [1.807, 2.05) is 32.8 Å². The molecule has 0 amide bonds. The molecule has 0 saturated heterocycles. The Labute approximate surface area is 154 Å². The molecule has 0 heterocycles. The van der Waals surface area contributed by atoms with Crippen LogP contribution in [-0.4, -0.2) is 38.1 Å². The number of carbonyl (C=O) groups excluding carboxylic acids is 1. The SMILES string of the molecule is CCC(CC(C)(C)C(=O)OCCN(C)C)c1ccc(C(C)(C)C)cc1. The summed E-state index contributed by atoms with van der Waals surface area (Å²) in [5, 5.41) is 0. The van der Waals surface area contributed by atoms with Crippen molar-refractivity contribution in [2.75, 3.05) is 27.2 Å². The fourth-order valence-electron chi connectivity index (χ4n) is 2.97. The van der Waals surface area contributed by atoms with E-state index in [2.05, 4.69) is 52.0 Å². The smallest absolute Gasteiger partial charge is 0.311 e. The molecular formula is C22H37NO2. The van der Waals surface area contributed by atoms with Crippen molar-refractivity contribution in [3.05, 3.63) is 35.4 Å². The lowest BCUT2D eigenvalue weighted by Gasteiger charge is -2.28. The number of hydrogen-bond acceptors (Lipinski definition) is 3. The molecule has 0 aliphatic rings. The molecule has 0 aromatic heterocycles. The first kappa shape index (κ1) is 21.7. The molecule has 0 N–H and O–H groups in total. The van der Waals surface area contributed by atoms with Crippen molar-refractivity contribution >= 4 is 5.97 Å². The Morgan fingerprint density at radius 3 is 2.08 bits per heavy atom. The summed E-state index contributed by atoms with van der Waals surface area (Å²) in [7, 11) is 3.96. The zero-order valence-corrected chi connectivity index (χ0v) is 17.5. The van der Waals surface area contributed by atoms with Gasteiger partial charge in [0, 0.05) is 6.54 Å². The maximum Gasteiger partial charge on any atom is 0.311 e. The van der Waals surface area contributed by atoms with Gasteiger partial charge in [-0.3, -0.25) is 4.79 Å². The summed E-state index contributed by atoms with van der Waals surface area (Å²) in [5.41, 5.74) is 2.34. The van der Waals surface area contributed by atoms with Crippen LogP contribution in [0.25, 0.3) is 0 Å². The van der Waals surface area contributed by atoms with Gasteiger partial charge in [0.15, 0.2) is 0 Å². The van der Waals surface area contributed by atoms with Crippen LogP contribution >= 0.6 is 0 Å². The van der Waals surface area contributed by atoms with E-state index < -0.39 is 5.41 Å². The molecule has 1 aromatic carbocycles. The van der Waals surface area contributed by atoms with E-state index >= 15 is 0 Å². The lowest BCUT2D eigenvalue weighted by atomic mass is 9.78. The van der Waals surface area contributed by atoms with Gasteiger partial charge >= 0.3 is 5.97 Å². The third-order valence-corrected chi connectivity index (χ3v) is 4.82. The third-order valence-electron chi connectivity index (χ3n) is 4.82. The molecule has 25 heavy (non-hydrogen) atoms. The van der Waals surface area contributed by atoms with Gasteiger partial charge in [-0.25, -0.2) is 0 Å². The van der Waals surface area contributed by atoms with E-state index in [0.717, 1.165) is 19.4 Å². The van der Waals surface area contributed by atoms with Gasteiger partial charge in [0.05, 0.1) is 5.41 Å². The number of hydrogen-bond donors (Lipinski definition) is 0. The highest BCUT2D eigenvalue weighted by atomic mass is 16.5. The van der Waals surface area contributed by atoms with E-state index in [1.165, 1.54) is 11.1 Å². The maximum absolute atomic E-state index is 12.5. The molecule has 142 valence electrons. The Kier molecular flexibility index (Phi) is 7.67. The number of ether oxygens (including phenoxy) is 1. The molecule has 0 fully saturated rings. The number of likely N-dealkylation sites (N-methyl/N-ethyl adjacent to an activating group) is 1. The molecule has 0 aliphatic heterocycles. The zero-order valence-electron chi connectivity index (χ0n) is 17.5. The molecule has 0 bridgehead atoms. The highest BCUT2D eigenvalue weighted by Gasteiger charge is 2.32. The van der Waals surface area contributed by atoms with E-state index in [0.29, 0.717) is 12.5 Å². The first-order chi connectivity index (χ1) is 11.5. The van der Waals surface area contributed by atoms with E-state index in [4.69, 9.17) is 4.74 Å². The molecule has 0 aliphatic carbocycles. The first-order valence-electron chi connectivity index (χ1n) is 9.39. The van der Waals surface area contributed by atoms with Gasteiger partial charge in [-0.2, -0.15) is 0 Å². The Balaban J connectivity index is 2.77. The molecule has 1 atom stereocenters. The van der Waals surface area contributed by atoms with Crippen molar-refractivity contribution in [3.8, 4) is 0 Å². The average Bonchev–Trinajstić information content (AvgIpc) is 2.51. The van der Waals surface area contributed by atoms with Gasteiger partial charge in [-0.15, -0.1) is 0 Å². The second-order valence-electron chi connectivity index (χ2n) is 9.00. The van der Waals surface area contributed by atoms with E-state index in [9.17, 15) is 4.79 Å². The van der Waals surface area contributed by atoms with Crippen molar-refractivity contribution in [1.82, 2.24) is 4.90 Å². The molecule has 3 heteroatoms. The van der Waals surface area contributed by atoms with Gasteiger partial charge in [0.1, 0.15) is 6.61 Å². The van der Waals surface area contributed by atoms with Crippen LogP contribution in [0.4, 0.5) is 0 Å². The predicted octanol–water partition coefficient (Wildman–Crippen LogP) is 5.00. The Hall–Kier alpha value is -1.35. The van der Waals surface area contributed by atoms with Crippen LogP contribution in [0, 0.1) is 5.41 Å². The Morgan fingerprint density at radius 2 is 1.64 bits per heavy atom. The third kappa shape index (κ3) is 6.81. The fraction of sp³-hybridized carbons (Fsp3) is 0.682. The van der Waals surface area contributed by atoms with Crippen LogP contribution in [-0.2, 0) is 14.9 Å². The summed E-state index contributed by atoms with van der Waals surface area (Å²) in [4.78, 5) is 14.5. The fourth-order valence-corrected chi connectivity index (χ4v) is 2.97. The molecule has 0 saturated carbocycles. The van der Waals surface area contributed by atoms with Crippen molar-refractivity contribution in [2.24, 2.45) is 5.41 Å². The van der Waals surface area contributed by atoms with Crippen molar-refractivity contribution in [3.63, 3.8) is 0 Å². The van der Waals surface area contributed by atoms with E-state index in [-0.39, 0.29) is 11.4 Å². The molecule has 1 aromatic rings. The van der Waals surface area contributed by atoms with E-state index in [1.54, 1.807) is 0 Å². The number of carbonyl (C=O) groups is 1. The minimum Gasteiger partial charge on any atom is -0.464 e. The summed E-state index contributed by atoms with van der Waals surface area (Å²) in [6.07, 6.45) is 1.82. The van der Waals surface area contributed by atoms with Crippen molar-refractivity contribution in [1.29, 1.82) is 0 Å². The molecule has 1 rings (SSSR count). The first-order valence-corrected chi connectivity index (χ1v) is 9.39.